The van der Waals surface area contributed by atoms with Gasteiger partial charge in [0.25, 0.3) is 0 Å². The minimum atomic E-state index is -0.00196. The van der Waals surface area contributed by atoms with E-state index in [-0.39, 0.29) is 11.8 Å². The van der Waals surface area contributed by atoms with Crippen molar-refractivity contribution in [2.75, 3.05) is 18.4 Å². The van der Waals surface area contributed by atoms with Crippen LogP contribution in [0.3, 0.4) is 0 Å². The summed E-state index contributed by atoms with van der Waals surface area (Å²) in [6.45, 7) is 7.65. The molecule has 5 nitrogen and oxygen atoms in total. The molecule has 1 amide bonds. The van der Waals surface area contributed by atoms with Crippen molar-refractivity contribution in [2.24, 2.45) is 0 Å². The molecule has 0 aliphatic carbocycles. The van der Waals surface area contributed by atoms with Gasteiger partial charge < -0.3 is 15.1 Å². The van der Waals surface area contributed by atoms with Gasteiger partial charge in [-0.05, 0) is 24.7 Å². The highest BCUT2D eigenvalue weighted by atomic mass is 16.3. The fourth-order valence-electron chi connectivity index (χ4n) is 1.87. The van der Waals surface area contributed by atoms with E-state index in [2.05, 4.69) is 15.6 Å². The van der Waals surface area contributed by atoms with Crippen LogP contribution in [0.15, 0.2) is 22.6 Å². The molecule has 0 saturated heterocycles. The van der Waals surface area contributed by atoms with Crippen LogP contribution in [0.4, 0.5) is 5.69 Å². The van der Waals surface area contributed by atoms with Crippen LogP contribution in [0.5, 0.6) is 0 Å². The molecule has 20 heavy (non-hydrogen) atoms. The Bertz CT molecular complexity index is 590. The number of benzene rings is 1. The predicted molar refractivity (Wildman–Crippen MR) is 79.9 cm³/mol. The van der Waals surface area contributed by atoms with Crippen LogP contribution < -0.4 is 10.6 Å². The van der Waals surface area contributed by atoms with Crippen LogP contribution in [-0.4, -0.2) is 24.0 Å². The Morgan fingerprint density at radius 2 is 2.20 bits per heavy atom. The van der Waals surface area contributed by atoms with Crippen molar-refractivity contribution in [3.8, 4) is 0 Å². The maximum absolute atomic E-state index is 11.7. The number of hydrogen-bond acceptors (Lipinski definition) is 4. The number of rotatable bonds is 6. The van der Waals surface area contributed by atoms with E-state index < -0.39 is 0 Å². The quantitative estimate of drug-likeness (QED) is 0.795. The molecule has 0 aliphatic rings. The number of carbonyl (C=O) groups is 1. The van der Waals surface area contributed by atoms with Gasteiger partial charge in [-0.25, -0.2) is 4.98 Å². The molecule has 0 atom stereocenters. The molecular formula is C15H21N3O2. The number of nitrogens with zero attached hydrogens (tertiary/aromatic N) is 1. The van der Waals surface area contributed by atoms with E-state index in [0.717, 1.165) is 29.2 Å². The minimum Gasteiger partial charge on any atom is -0.440 e. The summed E-state index contributed by atoms with van der Waals surface area (Å²) in [6, 6.07) is 5.52. The normalized spacial score (nSPS) is 11.2. The van der Waals surface area contributed by atoms with Crippen LogP contribution in [0.2, 0.25) is 0 Å². The molecular weight excluding hydrogens is 254 g/mol. The molecule has 2 rings (SSSR count). The summed E-state index contributed by atoms with van der Waals surface area (Å²) in [5, 5.41) is 5.99. The number of hydrogen-bond donors (Lipinski definition) is 2. The second-order valence-corrected chi connectivity index (χ2v) is 5.04. The van der Waals surface area contributed by atoms with Crippen molar-refractivity contribution in [2.45, 2.75) is 33.1 Å². The predicted octanol–water partition coefficient (Wildman–Crippen LogP) is 2.89. The zero-order valence-corrected chi connectivity index (χ0v) is 12.2. The smallest absolute Gasteiger partial charge is 0.225 e. The Hall–Kier alpha value is -1.88. The number of oxazole rings is 1. The number of amides is 1. The Morgan fingerprint density at radius 1 is 1.40 bits per heavy atom. The van der Waals surface area contributed by atoms with Crippen molar-refractivity contribution in [1.29, 1.82) is 0 Å². The molecule has 0 spiro atoms. The summed E-state index contributed by atoms with van der Waals surface area (Å²) in [5.74, 6) is 0.967. The van der Waals surface area contributed by atoms with Gasteiger partial charge in [0.2, 0.25) is 5.91 Å². The van der Waals surface area contributed by atoms with Crippen LogP contribution in [-0.2, 0) is 4.79 Å². The van der Waals surface area contributed by atoms with Gasteiger partial charge in [-0.15, -0.1) is 0 Å². The van der Waals surface area contributed by atoms with E-state index in [0.29, 0.717) is 13.0 Å². The van der Waals surface area contributed by atoms with Crippen molar-refractivity contribution in [1.82, 2.24) is 10.3 Å². The largest absolute Gasteiger partial charge is 0.440 e. The first-order chi connectivity index (χ1) is 9.60. The van der Waals surface area contributed by atoms with E-state index in [1.54, 1.807) is 0 Å². The number of fused-ring (bicyclic) bond motifs is 1. The van der Waals surface area contributed by atoms with Gasteiger partial charge in [-0.1, -0.05) is 20.8 Å². The minimum absolute atomic E-state index is 0.00196. The molecule has 1 heterocycles. The Kier molecular flexibility index (Phi) is 4.74. The van der Waals surface area contributed by atoms with Gasteiger partial charge in [0.05, 0.1) is 0 Å². The molecule has 0 saturated carbocycles. The zero-order valence-electron chi connectivity index (χ0n) is 12.2. The van der Waals surface area contributed by atoms with Crippen LogP contribution in [0.1, 0.15) is 39.0 Å². The van der Waals surface area contributed by atoms with E-state index in [1.807, 2.05) is 39.0 Å². The fraction of sp³-hybridized carbons (Fsp3) is 0.467. The first kappa shape index (κ1) is 14.5. The Labute approximate surface area is 118 Å². The third-order valence-electron chi connectivity index (χ3n) is 2.96. The molecule has 5 heteroatoms. The maximum Gasteiger partial charge on any atom is 0.225 e. The molecule has 0 radical (unpaired) electrons. The molecule has 0 aliphatic heterocycles. The van der Waals surface area contributed by atoms with E-state index in [4.69, 9.17) is 4.42 Å². The number of anilines is 1. The maximum atomic E-state index is 11.7. The van der Waals surface area contributed by atoms with Crippen molar-refractivity contribution in [3.05, 3.63) is 24.1 Å². The lowest BCUT2D eigenvalue weighted by molar-refractivity contribution is -0.116. The molecule has 1 aromatic heterocycles. The van der Waals surface area contributed by atoms with Gasteiger partial charge in [-0.3, -0.25) is 4.79 Å². The average Bonchev–Trinajstić information content (AvgIpc) is 2.82. The van der Waals surface area contributed by atoms with Gasteiger partial charge in [-0.2, -0.15) is 0 Å². The van der Waals surface area contributed by atoms with E-state index >= 15 is 0 Å². The van der Waals surface area contributed by atoms with Crippen molar-refractivity contribution < 1.29 is 9.21 Å². The number of nitrogens with one attached hydrogen (secondary N) is 2. The Morgan fingerprint density at radius 3 is 2.90 bits per heavy atom. The van der Waals surface area contributed by atoms with Crippen LogP contribution in [0, 0.1) is 0 Å². The summed E-state index contributed by atoms with van der Waals surface area (Å²) in [4.78, 5) is 16.2. The van der Waals surface area contributed by atoms with Gasteiger partial charge in [0, 0.05) is 24.6 Å². The highest BCUT2D eigenvalue weighted by Gasteiger charge is 2.10. The van der Waals surface area contributed by atoms with E-state index in [1.165, 1.54) is 0 Å². The van der Waals surface area contributed by atoms with Gasteiger partial charge in [0.15, 0.2) is 11.5 Å². The molecule has 2 N–H and O–H groups in total. The molecule has 0 unspecified atom stereocenters. The molecule has 1 aromatic carbocycles. The summed E-state index contributed by atoms with van der Waals surface area (Å²) in [6.07, 6.45) is 0.460. The summed E-state index contributed by atoms with van der Waals surface area (Å²) < 4.78 is 5.64. The third kappa shape index (κ3) is 3.57. The van der Waals surface area contributed by atoms with Gasteiger partial charge >= 0.3 is 0 Å². The average molecular weight is 275 g/mol. The summed E-state index contributed by atoms with van der Waals surface area (Å²) in [5.41, 5.74) is 2.28. The fourth-order valence-corrected chi connectivity index (χ4v) is 1.87. The first-order valence-corrected chi connectivity index (χ1v) is 7.01. The SMILES string of the molecule is CCNCCC(=O)Nc1ccc2oc(C(C)C)nc2c1. The molecule has 0 fully saturated rings. The topological polar surface area (TPSA) is 67.2 Å². The number of carbonyl (C=O) groups excluding carboxylic acids is 1. The second kappa shape index (κ2) is 6.52. The summed E-state index contributed by atoms with van der Waals surface area (Å²) in [7, 11) is 0. The van der Waals surface area contributed by atoms with E-state index in [9.17, 15) is 4.79 Å². The van der Waals surface area contributed by atoms with Crippen LogP contribution >= 0.6 is 0 Å². The lowest BCUT2D eigenvalue weighted by Gasteiger charge is -2.05. The first-order valence-electron chi connectivity index (χ1n) is 7.01. The third-order valence-corrected chi connectivity index (χ3v) is 2.96. The highest BCUT2D eigenvalue weighted by molar-refractivity contribution is 5.92. The monoisotopic (exact) mass is 275 g/mol. The second-order valence-electron chi connectivity index (χ2n) is 5.04. The summed E-state index contributed by atoms with van der Waals surface area (Å²) >= 11 is 0. The Balaban J connectivity index is 2.05. The molecule has 0 bridgehead atoms. The molecule has 108 valence electrons. The standard InChI is InChI=1S/C15H21N3O2/c1-4-16-8-7-14(19)17-11-5-6-13-12(9-11)18-15(20-13)10(2)3/h5-6,9-10,16H,4,7-8H2,1-3H3,(H,17,19). The molecule has 2 aromatic rings. The van der Waals surface area contributed by atoms with Crippen LogP contribution in [0.25, 0.3) is 11.1 Å². The zero-order chi connectivity index (χ0) is 14.5. The lowest BCUT2D eigenvalue weighted by atomic mass is 10.2. The van der Waals surface area contributed by atoms with Crippen molar-refractivity contribution in [3.63, 3.8) is 0 Å². The highest BCUT2D eigenvalue weighted by Crippen LogP contribution is 2.23. The van der Waals surface area contributed by atoms with Gasteiger partial charge in [0.1, 0.15) is 5.52 Å². The lowest BCUT2D eigenvalue weighted by Crippen LogP contribution is -2.21. The number of aromatic nitrogens is 1. The van der Waals surface area contributed by atoms with Crippen molar-refractivity contribution >= 4 is 22.7 Å².